The van der Waals surface area contributed by atoms with E-state index in [9.17, 15) is 13.2 Å². The van der Waals surface area contributed by atoms with Gasteiger partial charge in [0.15, 0.2) is 11.6 Å². The summed E-state index contributed by atoms with van der Waals surface area (Å²) in [5.74, 6) is 3.81. The molecule has 0 aliphatic carbocycles. The van der Waals surface area contributed by atoms with Gasteiger partial charge in [0.1, 0.15) is 0 Å². The van der Waals surface area contributed by atoms with E-state index in [0.717, 1.165) is 12.1 Å². The number of rotatable bonds is 2. The van der Waals surface area contributed by atoms with Gasteiger partial charge in [-0.1, -0.05) is 11.8 Å². The smallest absolute Gasteiger partial charge is 0.387 e. The van der Waals surface area contributed by atoms with Crippen molar-refractivity contribution in [1.29, 1.82) is 0 Å². The third-order valence-electron chi connectivity index (χ3n) is 1.45. The van der Waals surface area contributed by atoms with Crippen molar-refractivity contribution in [3.8, 4) is 17.6 Å². The van der Waals surface area contributed by atoms with Gasteiger partial charge in [0.2, 0.25) is 0 Å². The van der Waals surface area contributed by atoms with Crippen molar-refractivity contribution in [2.75, 3.05) is 5.88 Å². The summed E-state index contributed by atoms with van der Waals surface area (Å²) in [7, 11) is 0. The fraction of sp³-hybridized carbons (Fsp3) is 0.200. The molecule has 0 unspecified atom stereocenters. The van der Waals surface area contributed by atoms with E-state index in [1.54, 1.807) is 0 Å². The molecule has 1 aromatic rings. The van der Waals surface area contributed by atoms with Crippen molar-refractivity contribution in [3.63, 3.8) is 0 Å². The van der Waals surface area contributed by atoms with E-state index in [0.29, 0.717) is 5.56 Å². The van der Waals surface area contributed by atoms with Crippen LogP contribution in [0, 0.1) is 17.7 Å². The van der Waals surface area contributed by atoms with Crippen molar-refractivity contribution in [3.05, 3.63) is 29.6 Å². The van der Waals surface area contributed by atoms with Crippen LogP contribution in [0.3, 0.4) is 0 Å². The maximum atomic E-state index is 12.9. The first-order valence-corrected chi connectivity index (χ1v) is 4.46. The molecule has 0 amide bonds. The van der Waals surface area contributed by atoms with E-state index in [1.807, 2.05) is 0 Å². The Bertz CT molecular complexity index is 395. The van der Waals surface area contributed by atoms with Crippen molar-refractivity contribution in [1.82, 2.24) is 0 Å². The highest BCUT2D eigenvalue weighted by molar-refractivity contribution is 6.19. The molecule has 0 N–H and O–H groups in total. The van der Waals surface area contributed by atoms with Gasteiger partial charge >= 0.3 is 6.61 Å². The van der Waals surface area contributed by atoms with Crippen molar-refractivity contribution >= 4 is 11.6 Å². The minimum Gasteiger partial charge on any atom is -0.432 e. The van der Waals surface area contributed by atoms with Crippen LogP contribution in [0.5, 0.6) is 5.75 Å². The summed E-state index contributed by atoms with van der Waals surface area (Å²) < 4.78 is 40.6. The Balaban J connectivity index is 2.94. The van der Waals surface area contributed by atoms with Crippen LogP contribution < -0.4 is 4.74 Å². The molecule has 0 spiro atoms. The second-order valence-electron chi connectivity index (χ2n) is 2.46. The van der Waals surface area contributed by atoms with Crippen molar-refractivity contribution in [2.45, 2.75) is 6.61 Å². The van der Waals surface area contributed by atoms with Gasteiger partial charge in [-0.3, -0.25) is 0 Å². The summed E-state index contributed by atoms with van der Waals surface area (Å²) in [6.45, 7) is -3.06. The zero-order chi connectivity index (χ0) is 11.3. The lowest BCUT2D eigenvalue weighted by Crippen LogP contribution is -2.03. The second-order valence-corrected chi connectivity index (χ2v) is 2.73. The van der Waals surface area contributed by atoms with E-state index in [-0.39, 0.29) is 5.88 Å². The Morgan fingerprint density at radius 1 is 1.40 bits per heavy atom. The Morgan fingerprint density at radius 2 is 2.13 bits per heavy atom. The van der Waals surface area contributed by atoms with Crippen LogP contribution in [-0.4, -0.2) is 12.5 Å². The first-order chi connectivity index (χ1) is 7.13. The summed E-state index contributed by atoms with van der Waals surface area (Å²) in [5.41, 5.74) is 0.368. The van der Waals surface area contributed by atoms with Gasteiger partial charge in [0.25, 0.3) is 0 Å². The number of hydrogen-bond donors (Lipinski definition) is 0. The number of alkyl halides is 3. The fourth-order valence-corrected chi connectivity index (χ4v) is 0.970. The molecule has 0 bridgehead atoms. The average Bonchev–Trinajstić information content (AvgIpc) is 2.18. The van der Waals surface area contributed by atoms with Crippen LogP contribution in [-0.2, 0) is 0 Å². The molecule has 5 heteroatoms. The number of hydrogen-bond acceptors (Lipinski definition) is 1. The van der Waals surface area contributed by atoms with E-state index < -0.39 is 18.2 Å². The Kier molecular flexibility index (Phi) is 4.32. The highest BCUT2D eigenvalue weighted by Crippen LogP contribution is 2.20. The van der Waals surface area contributed by atoms with Gasteiger partial charge in [-0.05, 0) is 18.2 Å². The fourth-order valence-electron chi connectivity index (χ4n) is 0.903. The number of benzene rings is 1. The summed E-state index contributed by atoms with van der Waals surface area (Å²) >= 11 is 5.31. The first kappa shape index (κ1) is 11.7. The molecule has 0 saturated heterocycles. The molecule has 1 aromatic carbocycles. The molecule has 0 heterocycles. The molecule has 0 atom stereocenters. The number of ether oxygens (including phenoxy) is 1. The van der Waals surface area contributed by atoms with Crippen LogP contribution >= 0.6 is 11.6 Å². The second kappa shape index (κ2) is 5.52. The zero-order valence-corrected chi connectivity index (χ0v) is 8.19. The van der Waals surface area contributed by atoms with E-state index in [1.165, 1.54) is 6.07 Å². The van der Waals surface area contributed by atoms with Crippen LogP contribution in [0.2, 0.25) is 0 Å². The van der Waals surface area contributed by atoms with Crippen molar-refractivity contribution in [2.24, 2.45) is 0 Å². The van der Waals surface area contributed by atoms with Gasteiger partial charge in [0, 0.05) is 5.56 Å². The molecule has 0 radical (unpaired) electrons. The monoisotopic (exact) mass is 234 g/mol. The van der Waals surface area contributed by atoms with Crippen LogP contribution in [0.15, 0.2) is 18.2 Å². The highest BCUT2D eigenvalue weighted by atomic mass is 35.5. The van der Waals surface area contributed by atoms with Crippen LogP contribution in [0.4, 0.5) is 13.2 Å². The first-order valence-electron chi connectivity index (χ1n) is 3.92. The Morgan fingerprint density at radius 3 is 2.73 bits per heavy atom. The molecule has 0 aromatic heterocycles. The molecule has 0 aliphatic rings. The lowest BCUT2D eigenvalue weighted by Gasteiger charge is -2.05. The zero-order valence-electron chi connectivity index (χ0n) is 7.44. The quantitative estimate of drug-likeness (QED) is 0.565. The highest BCUT2D eigenvalue weighted by Gasteiger charge is 2.09. The number of halogens is 4. The molecule has 0 saturated carbocycles. The van der Waals surface area contributed by atoms with Crippen molar-refractivity contribution < 1.29 is 17.9 Å². The predicted octanol–water partition coefficient (Wildman–Crippen LogP) is 3.02. The standard InChI is InChI=1S/C10H6ClF3O/c11-5-1-2-7-3-4-8(12)9(6-7)15-10(13)14/h3-4,6,10H,5H2. The van der Waals surface area contributed by atoms with Gasteiger partial charge in [0.05, 0.1) is 5.88 Å². The van der Waals surface area contributed by atoms with Gasteiger partial charge in [-0.2, -0.15) is 8.78 Å². The van der Waals surface area contributed by atoms with Gasteiger partial charge in [-0.15, -0.1) is 11.6 Å². The summed E-state index contributed by atoms with van der Waals surface area (Å²) in [4.78, 5) is 0. The van der Waals surface area contributed by atoms with E-state index in [2.05, 4.69) is 16.6 Å². The van der Waals surface area contributed by atoms with E-state index >= 15 is 0 Å². The maximum Gasteiger partial charge on any atom is 0.387 e. The molecular weight excluding hydrogens is 229 g/mol. The van der Waals surface area contributed by atoms with Gasteiger partial charge < -0.3 is 4.74 Å². The maximum absolute atomic E-state index is 12.9. The van der Waals surface area contributed by atoms with E-state index in [4.69, 9.17) is 11.6 Å². The minimum atomic E-state index is -3.06. The average molecular weight is 235 g/mol. The van der Waals surface area contributed by atoms with Crippen LogP contribution in [0.1, 0.15) is 5.56 Å². The molecule has 0 fully saturated rings. The normalized spacial score (nSPS) is 9.67. The Labute approximate surface area is 89.8 Å². The molecule has 1 nitrogen and oxygen atoms in total. The lowest BCUT2D eigenvalue weighted by atomic mass is 10.2. The minimum absolute atomic E-state index is 0.114. The third-order valence-corrected chi connectivity index (χ3v) is 1.58. The molecular formula is C10H6ClF3O. The summed E-state index contributed by atoms with van der Waals surface area (Å²) in [6.07, 6.45) is 0. The summed E-state index contributed by atoms with van der Waals surface area (Å²) in [6, 6.07) is 3.46. The van der Waals surface area contributed by atoms with Gasteiger partial charge in [-0.25, -0.2) is 4.39 Å². The largest absolute Gasteiger partial charge is 0.432 e. The third kappa shape index (κ3) is 3.72. The molecule has 0 aliphatic heterocycles. The predicted molar refractivity (Wildman–Crippen MR) is 50.6 cm³/mol. The Hall–Kier alpha value is -1.34. The van der Waals surface area contributed by atoms with Crippen LogP contribution in [0.25, 0.3) is 0 Å². The lowest BCUT2D eigenvalue weighted by molar-refractivity contribution is -0.0521. The molecule has 80 valence electrons. The summed E-state index contributed by atoms with van der Waals surface area (Å²) in [5, 5.41) is 0. The molecule has 15 heavy (non-hydrogen) atoms. The SMILES string of the molecule is Fc1ccc(C#CCCl)cc1OC(F)F. The molecule has 1 rings (SSSR count). The topological polar surface area (TPSA) is 9.23 Å².